The molecular formula is C10H8ClF3N2O2. The summed E-state index contributed by atoms with van der Waals surface area (Å²) in [5, 5.41) is 8.57. The van der Waals surface area contributed by atoms with Crippen molar-refractivity contribution in [3.05, 3.63) is 24.3 Å². The first kappa shape index (κ1) is 14.4. The zero-order valence-corrected chi connectivity index (χ0v) is 9.70. The van der Waals surface area contributed by atoms with Crippen LogP contribution in [-0.2, 0) is 4.29 Å². The molecule has 0 bridgehead atoms. The van der Waals surface area contributed by atoms with E-state index in [2.05, 4.69) is 9.03 Å². The summed E-state index contributed by atoms with van der Waals surface area (Å²) in [5.74, 6) is -0.338. The largest absolute Gasteiger partial charge is 0.573 e. The summed E-state index contributed by atoms with van der Waals surface area (Å²) in [6.07, 6.45) is -4.73. The van der Waals surface area contributed by atoms with Crippen LogP contribution in [0.5, 0.6) is 5.75 Å². The molecular weight excluding hydrogens is 273 g/mol. The summed E-state index contributed by atoms with van der Waals surface area (Å²) in [5.41, 5.74) is 0.492. The lowest BCUT2D eigenvalue weighted by atomic mass is 10.3. The van der Waals surface area contributed by atoms with Crippen LogP contribution in [0, 0.1) is 11.3 Å². The molecule has 0 N–H and O–H groups in total. The Labute approximate surface area is 106 Å². The van der Waals surface area contributed by atoms with E-state index >= 15 is 0 Å². The number of hydrogen-bond acceptors (Lipinski definition) is 4. The number of alkyl halides is 3. The number of halogens is 4. The first-order valence-corrected chi connectivity index (χ1v) is 4.98. The highest BCUT2D eigenvalue weighted by atomic mass is 35.5. The summed E-state index contributed by atoms with van der Waals surface area (Å²) in [6.45, 7) is -0.0687. The van der Waals surface area contributed by atoms with Crippen molar-refractivity contribution < 1.29 is 22.2 Å². The predicted octanol–water partition coefficient (Wildman–Crippen LogP) is 3.04. The van der Waals surface area contributed by atoms with Crippen molar-refractivity contribution in [3.63, 3.8) is 0 Å². The third-order valence-corrected chi connectivity index (χ3v) is 2.00. The Morgan fingerprint density at radius 1 is 1.28 bits per heavy atom. The molecule has 18 heavy (non-hydrogen) atoms. The van der Waals surface area contributed by atoms with Crippen LogP contribution in [0.2, 0.25) is 0 Å². The zero-order valence-electron chi connectivity index (χ0n) is 8.95. The summed E-state index contributed by atoms with van der Waals surface area (Å²) in [7, 11) is 0. The van der Waals surface area contributed by atoms with E-state index in [1.807, 2.05) is 6.07 Å². The van der Waals surface area contributed by atoms with Crippen molar-refractivity contribution >= 4 is 17.6 Å². The van der Waals surface area contributed by atoms with E-state index in [-0.39, 0.29) is 19.0 Å². The molecule has 0 aliphatic carbocycles. The quantitative estimate of drug-likeness (QED) is 0.614. The van der Waals surface area contributed by atoms with Crippen LogP contribution in [0.4, 0.5) is 18.9 Å². The van der Waals surface area contributed by atoms with Gasteiger partial charge >= 0.3 is 6.36 Å². The number of hydrogen-bond donors (Lipinski definition) is 0. The van der Waals surface area contributed by atoms with E-state index in [4.69, 9.17) is 17.1 Å². The summed E-state index contributed by atoms with van der Waals surface area (Å²) in [4.78, 5) is 1.43. The van der Waals surface area contributed by atoms with Crippen LogP contribution in [-0.4, -0.2) is 19.6 Å². The Balaban J connectivity index is 2.77. The van der Waals surface area contributed by atoms with Crippen LogP contribution in [0.15, 0.2) is 24.3 Å². The molecule has 1 rings (SSSR count). The molecule has 0 unspecified atom stereocenters. The third-order valence-electron chi connectivity index (χ3n) is 1.90. The van der Waals surface area contributed by atoms with Crippen molar-refractivity contribution in [2.24, 2.45) is 0 Å². The minimum absolute atomic E-state index is 0.00774. The normalized spacial score (nSPS) is 10.8. The van der Waals surface area contributed by atoms with Gasteiger partial charge in [0.2, 0.25) is 0 Å². The van der Waals surface area contributed by atoms with Crippen molar-refractivity contribution in [3.8, 4) is 11.8 Å². The Morgan fingerprint density at radius 3 is 2.33 bits per heavy atom. The molecule has 0 saturated carbocycles. The molecule has 0 spiro atoms. The molecule has 0 aliphatic heterocycles. The average molecular weight is 281 g/mol. The van der Waals surface area contributed by atoms with E-state index in [1.54, 1.807) is 0 Å². The average Bonchev–Trinajstić information content (AvgIpc) is 2.28. The van der Waals surface area contributed by atoms with Gasteiger partial charge in [-0.15, -0.1) is 13.2 Å². The Kier molecular flexibility index (Phi) is 5.07. The van der Waals surface area contributed by atoms with E-state index < -0.39 is 6.36 Å². The van der Waals surface area contributed by atoms with Crippen molar-refractivity contribution in [1.29, 1.82) is 5.26 Å². The van der Waals surface area contributed by atoms with Crippen LogP contribution in [0.25, 0.3) is 0 Å². The van der Waals surface area contributed by atoms with E-state index in [0.29, 0.717) is 5.69 Å². The number of benzene rings is 1. The molecule has 0 atom stereocenters. The zero-order chi connectivity index (χ0) is 13.6. The molecule has 0 aromatic heterocycles. The molecule has 0 amide bonds. The summed E-state index contributed by atoms with van der Waals surface area (Å²) < 4.78 is 43.9. The van der Waals surface area contributed by atoms with Gasteiger partial charge in [0, 0.05) is 5.69 Å². The number of anilines is 1. The third kappa shape index (κ3) is 4.69. The maximum Gasteiger partial charge on any atom is 0.573 e. The fourth-order valence-corrected chi connectivity index (χ4v) is 1.33. The van der Waals surface area contributed by atoms with Crippen molar-refractivity contribution in [1.82, 2.24) is 0 Å². The number of ether oxygens (including phenoxy) is 1. The molecule has 0 heterocycles. The van der Waals surface area contributed by atoms with Crippen LogP contribution >= 0.6 is 11.9 Å². The molecule has 0 radical (unpaired) electrons. The Morgan fingerprint density at radius 2 is 1.89 bits per heavy atom. The second kappa shape index (κ2) is 6.33. The van der Waals surface area contributed by atoms with E-state index in [1.165, 1.54) is 17.0 Å². The van der Waals surface area contributed by atoms with E-state index in [0.717, 1.165) is 12.1 Å². The molecule has 8 heteroatoms. The number of nitrogens with zero attached hydrogens (tertiary/aromatic N) is 2. The first-order valence-electron chi connectivity index (χ1n) is 4.67. The van der Waals surface area contributed by atoms with E-state index in [9.17, 15) is 13.2 Å². The van der Waals surface area contributed by atoms with Gasteiger partial charge in [-0.1, -0.05) is 0 Å². The standard InChI is InChI=1S/C10H8ClF3N2O2/c11-17-7-16(6-5-15)8-1-3-9(4-2-8)18-10(12,13)14/h1-4H,6-7H2. The second-order valence-electron chi connectivity index (χ2n) is 3.14. The van der Waals surface area contributed by atoms with Crippen LogP contribution in [0.3, 0.4) is 0 Å². The highest BCUT2D eigenvalue weighted by Crippen LogP contribution is 2.25. The van der Waals surface area contributed by atoms with Gasteiger partial charge in [-0.05, 0) is 24.3 Å². The molecule has 0 saturated heterocycles. The summed E-state index contributed by atoms with van der Waals surface area (Å²) >= 11 is 5.08. The maximum absolute atomic E-state index is 11.9. The van der Waals surface area contributed by atoms with Gasteiger partial charge in [0.15, 0.2) is 0 Å². The fraction of sp³-hybridized carbons (Fsp3) is 0.300. The lowest BCUT2D eigenvalue weighted by Crippen LogP contribution is -2.24. The molecule has 0 fully saturated rings. The van der Waals surface area contributed by atoms with Gasteiger partial charge in [0.1, 0.15) is 19.0 Å². The van der Waals surface area contributed by atoms with Crippen LogP contribution in [0.1, 0.15) is 0 Å². The van der Waals surface area contributed by atoms with Crippen LogP contribution < -0.4 is 9.64 Å². The predicted molar refractivity (Wildman–Crippen MR) is 57.9 cm³/mol. The highest BCUT2D eigenvalue weighted by Gasteiger charge is 2.31. The van der Waals surface area contributed by atoms with Crippen molar-refractivity contribution in [2.45, 2.75) is 6.36 Å². The maximum atomic E-state index is 11.9. The Hall–Kier alpha value is -1.65. The van der Waals surface area contributed by atoms with Gasteiger partial charge in [-0.25, -0.2) is 0 Å². The van der Waals surface area contributed by atoms with Gasteiger partial charge in [-0.3, -0.25) is 4.29 Å². The lowest BCUT2D eigenvalue weighted by Gasteiger charge is -2.19. The lowest BCUT2D eigenvalue weighted by molar-refractivity contribution is -0.274. The topological polar surface area (TPSA) is 45.5 Å². The first-order chi connectivity index (χ1) is 8.46. The second-order valence-corrected chi connectivity index (χ2v) is 3.35. The smallest absolute Gasteiger partial charge is 0.406 e. The SMILES string of the molecule is N#CCN(COCl)c1ccc(OC(F)(F)F)cc1. The molecule has 4 nitrogen and oxygen atoms in total. The minimum atomic E-state index is -4.73. The van der Waals surface area contributed by atoms with Gasteiger partial charge < -0.3 is 9.64 Å². The minimum Gasteiger partial charge on any atom is -0.406 e. The molecule has 1 aromatic carbocycles. The van der Waals surface area contributed by atoms with Crippen molar-refractivity contribution in [2.75, 3.05) is 18.2 Å². The monoisotopic (exact) mass is 280 g/mol. The fourth-order valence-electron chi connectivity index (χ4n) is 1.21. The number of nitriles is 1. The molecule has 0 aliphatic rings. The number of rotatable bonds is 5. The van der Waals surface area contributed by atoms with Gasteiger partial charge in [0.05, 0.1) is 17.9 Å². The summed E-state index contributed by atoms with van der Waals surface area (Å²) in [6, 6.07) is 6.90. The highest BCUT2D eigenvalue weighted by molar-refractivity contribution is 6.07. The Bertz CT molecular complexity index is 417. The molecule has 1 aromatic rings. The molecule has 98 valence electrons. The van der Waals surface area contributed by atoms with Gasteiger partial charge in [0.25, 0.3) is 0 Å². The van der Waals surface area contributed by atoms with Gasteiger partial charge in [-0.2, -0.15) is 5.26 Å².